The molecule has 2 aromatic carbocycles. The molecule has 0 heterocycles. The Bertz CT molecular complexity index is 532. The maximum atomic E-state index is 10.9. The van der Waals surface area contributed by atoms with Crippen molar-refractivity contribution >= 4 is 6.29 Å². The van der Waals surface area contributed by atoms with Crippen molar-refractivity contribution in [3.05, 3.63) is 48.0 Å². The Morgan fingerprint density at radius 1 is 0.938 bits per heavy atom. The Balaban J connectivity index is 2.67. The average Bonchev–Trinajstić information content (AvgIpc) is 2.29. The van der Waals surface area contributed by atoms with E-state index >= 15 is 0 Å². The number of aldehydes is 1. The van der Waals surface area contributed by atoms with Crippen LogP contribution in [0.5, 0.6) is 11.5 Å². The quantitative estimate of drug-likeness (QED) is 0.755. The molecule has 0 aliphatic carbocycles. The number of rotatable bonds is 2. The van der Waals surface area contributed by atoms with Crippen LogP contribution in [-0.2, 0) is 0 Å². The van der Waals surface area contributed by atoms with Gasteiger partial charge in [0.25, 0.3) is 0 Å². The van der Waals surface area contributed by atoms with Crippen LogP contribution in [0.1, 0.15) is 10.4 Å². The standard InChI is InChI=1S/C13H10O3/c14-8-9-5-6-10(15)7-12(9)11-3-1-2-4-13(11)16/h1-8,15-16H. The Labute approximate surface area is 92.6 Å². The van der Waals surface area contributed by atoms with Crippen molar-refractivity contribution < 1.29 is 15.0 Å². The fourth-order valence-corrected chi connectivity index (χ4v) is 1.58. The third kappa shape index (κ3) is 1.75. The maximum Gasteiger partial charge on any atom is 0.150 e. The molecule has 2 N–H and O–H groups in total. The molecule has 0 saturated carbocycles. The zero-order valence-electron chi connectivity index (χ0n) is 8.42. The summed E-state index contributed by atoms with van der Waals surface area (Å²) in [6.45, 7) is 0. The van der Waals surface area contributed by atoms with Gasteiger partial charge in [-0.1, -0.05) is 18.2 Å². The average molecular weight is 214 g/mol. The molecule has 0 saturated heterocycles. The number of para-hydroxylation sites is 1. The van der Waals surface area contributed by atoms with Gasteiger partial charge in [-0.2, -0.15) is 0 Å². The zero-order valence-corrected chi connectivity index (χ0v) is 8.42. The molecule has 2 aromatic rings. The summed E-state index contributed by atoms with van der Waals surface area (Å²) < 4.78 is 0. The minimum absolute atomic E-state index is 0.0591. The van der Waals surface area contributed by atoms with E-state index in [9.17, 15) is 15.0 Å². The highest BCUT2D eigenvalue weighted by molar-refractivity contribution is 5.89. The van der Waals surface area contributed by atoms with Gasteiger partial charge in [-0.3, -0.25) is 4.79 Å². The number of aromatic hydroxyl groups is 2. The van der Waals surface area contributed by atoms with Crippen molar-refractivity contribution in [1.29, 1.82) is 0 Å². The minimum Gasteiger partial charge on any atom is -0.508 e. The van der Waals surface area contributed by atoms with Crippen LogP contribution in [0.3, 0.4) is 0 Å². The highest BCUT2D eigenvalue weighted by Crippen LogP contribution is 2.32. The number of carbonyl (C=O) groups excluding carboxylic acids is 1. The first-order valence-corrected chi connectivity index (χ1v) is 4.79. The number of hydrogen-bond acceptors (Lipinski definition) is 3. The van der Waals surface area contributed by atoms with E-state index in [0.29, 0.717) is 23.0 Å². The van der Waals surface area contributed by atoms with Crippen LogP contribution in [0.2, 0.25) is 0 Å². The van der Waals surface area contributed by atoms with Gasteiger partial charge in [0.2, 0.25) is 0 Å². The van der Waals surface area contributed by atoms with Crippen molar-refractivity contribution in [1.82, 2.24) is 0 Å². The second-order valence-corrected chi connectivity index (χ2v) is 3.41. The number of hydrogen-bond donors (Lipinski definition) is 2. The molecule has 0 spiro atoms. The van der Waals surface area contributed by atoms with E-state index in [1.165, 1.54) is 24.3 Å². The SMILES string of the molecule is O=Cc1ccc(O)cc1-c1ccccc1O. The van der Waals surface area contributed by atoms with Crippen molar-refractivity contribution in [3.63, 3.8) is 0 Å². The third-order valence-corrected chi connectivity index (χ3v) is 2.36. The first-order chi connectivity index (χ1) is 7.72. The molecule has 80 valence electrons. The van der Waals surface area contributed by atoms with Gasteiger partial charge >= 0.3 is 0 Å². The second kappa shape index (κ2) is 4.06. The van der Waals surface area contributed by atoms with E-state index in [2.05, 4.69) is 0 Å². The summed E-state index contributed by atoms with van der Waals surface area (Å²) in [5, 5.41) is 19.1. The van der Waals surface area contributed by atoms with Crippen LogP contribution >= 0.6 is 0 Å². The first-order valence-electron chi connectivity index (χ1n) is 4.79. The normalized spacial score (nSPS) is 10.0. The van der Waals surface area contributed by atoms with E-state index < -0.39 is 0 Å². The van der Waals surface area contributed by atoms with E-state index in [-0.39, 0.29) is 11.5 Å². The smallest absolute Gasteiger partial charge is 0.150 e. The van der Waals surface area contributed by atoms with Gasteiger partial charge in [-0.25, -0.2) is 0 Å². The van der Waals surface area contributed by atoms with Gasteiger partial charge in [0, 0.05) is 11.1 Å². The molecule has 0 radical (unpaired) electrons. The Kier molecular flexibility index (Phi) is 2.60. The summed E-state index contributed by atoms with van der Waals surface area (Å²) in [6.07, 6.45) is 0.696. The Hall–Kier alpha value is -2.29. The monoisotopic (exact) mass is 214 g/mol. The second-order valence-electron chi connectivity index (χ2n) is 3.41. The molecular weight excluding hydrogens is 204 g/mol. The molecule has 0 unspecified atom stereocenters. The molecule has 0 atom stereocenters. The molecule has 0 bridgehead atoms. The Morgan fingerprint density at radius 2 is 1.69 bits per heavy atom. The van der Waals surface area contributed by atoms with Crippen LogP contribution in [0.25, 0.3) is 11.1 Å². The lowest BCUT2D eigenvalue weighted by Gasteiger charge is -2.07. The predicted octanol–water partition coefficient (Wildman–Crippen LogP) is 2.58. The molecule has 0 aromatic heterocycles. The van der Waals surface area contributed by atoms with E-state index in [1.54, 1.807) is 18.2 Å². The lowest BCUT2D eigenvalue weighted by atomic mass is 9.99. The number of carbonyl (C=O) groups is 1. The third-order valence-electron chi connectivity index (χ3n) is 2.36. The van der Waals surface area contributed by atoms with Crippen molar-refractivity contribution in [3.8, 4) is 22.6 Å². The maximum absolute atomic E-state index is 10.9. The molecular formula is C13H10O3. The van der Waals surface area contributed by atoms with Crippen LogP contribution in [0.4, 0.5) is 0 Å². The predicted molar refractivity (Wildman–Crippen MR) is 60.6 cm³/mol. The lowest BCUT2D eigenvalue weighted by Crippen LogP contribution is -1.87. The van der Waals surface area contributed by atoms with Gasteiger partial charge < -0.3 is 10.2 Å². The molecule has 0 aliphatic rings. The molecule has 0 fully saturated rings. The van der Waals surface area contributed by atoms with E-state index in [4.69, 9.17) is 0 Å². The van der Waals surface area contributed by atoms with Crippen LogP contribution in [0, 0.1) is 0 Å². The topological polar surface area (TPSA) is 57.5 Å². The van der Waals surface area contributed by atoms with Gasteiger partial charge in [-0.05, 0) is 29.8 Å². The molecule has 16 heavy (non-hydrogen) atoms. The van der Waals surface area contributed by atoms with E-state index in [1.807, 2.05) is 0 Å². The summed E-state index contributed by atoms with van der Waals surface area (Å²) >= 11 is 0. The van der Waals surface area contributed by atoms with Gasteiger partial charge in [-0.15, -0.1) is 0 Å². The highest BCUT2D eigenvalue weighted by atomic mass is 16.3. The Morgan fingerprint density at radius 3 is 2.38 bits per heavy atom. The number of phenols is 2. The van der Waals surface area contributed by atoms with Crippen molar-refractivity contribution in [2.75, 3.05) is 0 Å². The van der Waals surface area contributed by atoms with Crippen molar-refractivity contribution in [2.24, 2.45) is 0 Å². The summed E-state index contributed by atoms with van der Waals surface area (Å²) in [4.78, 5) is 10.9. The highest BCUT2D eigenvalue weighted by Gasteiger charge is 2.09. The van der Waals surface area contributed by atoms with Gasteiger partial charge in [0.05, 0.1) is 0 Å². The molecule has 0 amide bonds. The van der Waals surface area contributed by atoms with E-state index in [0.717, 1.165) is 0 Å². The fourth-order valence-electron chi connectivity index (χ4n) is 1.58. The number of benzene rings is 2. The van der Waals surface area contributed by atoms with Crippen LogP contribution in [0.15, 0.2) is 42.5 Å². The summed E-state index contributed by atoms with van der Waals surface area (Å²) in [7, 11) is 0. The largest absolute Gasteiger partial charge is 0.508 e. The van der Waals surface area contributed by atoms with Gasteiger partial charge in [0.1, 0.15) is 11.5 Å². The molecule has 3 heteroatoms. The minimum atomic E-state index is 0.0591. The summed E-state index contributed by atoms with van der Waals surface area (Å²) in [5.74, 6) is 0.139. The zero-order chi connectivity index (χ0) is 11.5. The first kappa shape index (κ1) is 10.2. The molecule has 0 aliphatic heterocycles. The van der Waals surface area contributed by atoms with Crippen molar-refractivity contribution in [2.45, 2.75) is 0 Å². The van der Waals surface area contributed by atoms with Crippen LogP contribution < -0.4 is 0 Å². The molecule has 3 nitrogen and oxygen atoms in total. The number of phenolic OH excluding ortho intramolecular Hbond substituents is 2. The van der Waals surface area contributed by atoms with Gasteiger partial charge in [0.15, 0.2) is 6.29 Å². The lowest BCUT2D eigenvalue weighted by molar-refractivity contribution is 0.112. The summed E-state index contributed by atoms with van der Waals surface area (Å²) in [6, 6.07) is 11.1. The molecule has 2 rings (SSSR count). The van der Waals surface area contributed by atoms with Crippen LogP contribution in [-0.4, -0.2) is 16.5 Å². The summed E-state index contributed by atoms with van der Waals surface area (Å²) in [5.41, 5.74) is 1.48. The fraction of sp³-hybridized carbons (Fsp3) is 0.